The second-order valence-electron chi connectivity index (χ2n) is 6.31. The van der Waals surface area contributed by atoms with E-state index in [9.17, 15) is 13.2 Å². The molecule has 0 spiro atoms. The first-order valence-electron chi connectivity index (χ1n) is 7.66. The number of aromatic nitrogens is 2. The van der Waals surface area contributed by atoms with Crippen molar-refractivity contribution in [1.29, 1.82) is 0 Å². The summed E-state index contributed by atoms with van der Waals surface area (Å²) in [6, 6.07) is -0.0523. The van der Waals surface area contributed by atoms with Crippen LogP contribution >= 0.6 is 0 Å². The lowest BCUT2D eigenvalue weighted by Crippen LogP contribution is -2.37. The maximum Gasteiger partial charge on any atom is 0.238 e. The number of likely N-dealkylation sites (tertiary alicyclic amines) is 1. The van der Waals surface area contributed by atoms with E-state index in [1.165, 1.54) is 0 Å². The molecule has 2 rings (SSSR count). The van der Waals surface area contributed by atoms with Crippen LogP contribution in [0.15, 0.2) is 0 Å². The molecule has 1 aliphatic rings. The molecule has 1 fully saturated rings. The molecule has 0 aliphatic carbocycles. The zero-order valence-electron chi connectivity index (χ0n) is 14.0. The standard InChI is InChI=1S/C15H25N3O3S/c1-10(2)22(20,21)9-14(19)18-8-6-7-13(18)15-11(3)16-17(5)12(15)4/h10,13H,6-9H2,1-5H3/t13-/m0/s1. The number of rotatable bonds is 4. The highest BCUT2D eigenvalue weighted by molar-refractivity contribution is 7.92. The van der Waals surface area contributed by atoms with Gasteiger partial charge in [0, 0.05) is 24.8 Å². The first-order valence-corrected chi connectivity index (χ1v) is 9.37. The van der Waals surface area contributed by atoms with Crippen LogP contribution in [-0.2, 0) is 21.7 Å². The highest BCUT2D eigenvalue weighted by Gasteiger charge is 2.35. The van der Waals surface area contributed by atoms with Crippen LogP contribution in [-0.4, -0.2) is 46.6 Å². The third-order valence-corrected chi connectivity index (χ3v) is 6.60. The number of amides is 1. The minimum atomic E-state index is -3.37. The molecule has 2 heterocycles. The Morgan fingerprint density at radius 1 is 1.36 bits per heavy atom. The average molecular weight is 327 g/mol. The van der Waals surface area contributed by atoms with E-state index in [0.29, 0.717) is 6.54 Å². The molecule has 0 radical (unpaired) electrons. The summed E-state index contributed by atoms with van der Waals surface area (Å²) in [5.74, 6) is -0.696. The Hall–Kier alpha value is -1.37. The van der Waals surface area contributed by atoms with Crippen LogP contribution < -0.4 is 0 Å². The third kappa shape index (κ3) is 3.04. The fourth-order valence-electron chi connectivity index (χ4n) is 3.06. The maximum absolute atomic E-state index is 12.5. The molecule has 22 heavy (non-hydrogen) atoms. The molecular formula is C15H25N3O3S. The number of sulfone groups is 1. The number of aryl methyl sites for hydroxylation is 2. The van der Waals surface area contributed by atoms with Gasteiger partial charge in [-0.15, -0.1) is 0 Å². The first-order chi connectivity index (χ1) is 10.1. The summed E-state index contributed by atoms with van der Waals surface area (Å²) in [5.41, 5.74) is 3.01. The van der Waals surface area contributed by atoms with Crippen LogP contribution in [0.3, 0.4) is 0 Å². The topological polar surface area (TPSA) is 72.3 Å². The molecule has 1 atom stereocenters. The second-order valence-corrected chi connectivity index (χ2v) is 8.87. The molecule has 1 aromatic rings. The van der Waals surface area contributed by atoms with Crippen LogP contribution in [0.25, 0.3) is 0 Å². The number of nitrogens with zero attached hydrogens (tertiary/aromatic N) is 3. The molecule has 7 heteroatoms. The van der Waals surface area contributed by atoms with E-state index in [-0.39, 0.29) is 11.9 Å². The Morgan fingerprint density at radius 3 is 2.50 bits per heavy atom. The fraction of sp³-hybridized carbons (Fsp3) is 0.733. The first kappa shape index (κ1) is 17.0. The van der Waals surface area contributed by atoms with Gasteiger partial charge in [-0.1, -0.05) is 0 Å². The molecule has 0 aromatic carbocycles. The summed E-state index contributed by atoms with van der Waals surface area (Å²) in [7, 11) is -1.48. The summed E-state index contributed by atoms with van der Waals surface area (Å²) in [4.78, 5) is 14.2. The molecule has 1 aromatic heterocycles. The quantitative estimate of drug-likeness (QED) is 0.840. The molecule has 0 saturated carbocycles. The molecule has 1 amide bonds. The van der Waals surface area contributed by atoms with Crippen LogP contribution in [0.4, 0.5) is 0 Å². The van der Waals surface area contributed by atoms with Crippen molar-refractivity contribution in [2.24, 2.45) is 7.05 Å². The Labute approximate surface area is 132 Å². The van der Waals surface area contributed by atoms with Gasteiger partial charge >= 0.3 is 0 Å². The van der Waals surface area contributed by atoms with E-state index in [4.69, 9.17) is 0 Å². The molecule has 1 saturated heterocycles. The Bertz CT molecular complexity index is 676. The monoisotopic (exact) mass is 327 g/mol. The van der Waals surface area contributed by atoms with Crippen molar-refractivity contribution in [2.45, 2.75) is 51.8 Å². The number of carbonyl (C=O) groups is 1. The summed E-state index contributed by atoms with van der Waals surface area (Å²) >= 11 is 0. The van der Waals surface area contributed by atoms with Gasteiger partial charge in [0.25, 0.3) is 0 Å². The van der Waals surface area contributed by atoms with Gasteiger partial charge in [0.05, 0.1) is 17.0 Å². The molecule has 124 valence electrons. The highest BCUT2D eigenvalue weighted by atomic mass is 32.2. The molecular weight excluding hydrogens is 302 g/mol. The Kier molecular flexibility index (Phi) is 4.65. The van der Waals surface area contributed by atoms with Gasteiger partial charge in [-0.3, -0.25) is 9.48 Å². The highest BCUT2D eigenvalue weighted by Crippen LogP contribution is 2.35. The van der Waals surface area contributed by atoms with Crippen LogP contribution in [0.5, 0.6) is 0 Å². The summed E-state index contributed by atoms with van der Waals surface area (Å²) in [5, 5.41) is 3.88. The Morgan fingerprint density at radius 2 is 2.00 bits per heavy atom. The van der Waals surface area contributed by atoms with Crippen LogP contribution in [0, 0.1) is 13.8 Å². The Balaban J connectivity index is 2.26. The number of carbonyl (C=O) groups excluding carboxylic acids is 1. The van der Waals surface area contributed by atoms with E-state index < -0.39 is 20.8 Å². The minimum absolute atomic E-state index is 0.0523. The normalized spacial score (nSPS) is 19.2. The van der Waals surface area contributed by atoms with Gasteiger partial charge in [0.15, 0.2) is 9.84 Å². The van der Waals surface area contributed by atoms with E-state index in [0.717, 1.165) is 29.8 Å². The van der Waals surface area contributed by atoms with Crippen molar-refractivity contribution in [1.82, 2.24) is 14.7 Å². The minimum Gasteiger partial charge on any atom is -0.335 e. The van der Waals surface area contributed by atoms with Crippen molar-refractivity contribution in [3.63, 3.8) is 0 Å². The summed E-state index contributed by atoms with van der Waals surface area (Å²) in [6.07, 6.45) is 1.76. The third-order valence-electron chi connectivity index (χ3n) is 4.51. The zero-order chi connectivity index (χ0) is 16.7. The van der Waals surface area contributed by atoms with Gasteiger partial charge in [0.1, 0.15) is 5.75 Å². The lowest BCUT2D eigenvalue weighted by Gasteiger charge is -2.25. The van der Waals surface area contributed by atoms with Gasteiger partial charge in [0.2, 0.25) is 5.91 Å². The lowest BCUT2D eigenvalue weighted by molar-refractivity contribution is -0.129. The van der Waals surface area contributed by atoms with Crippen molar-refractivity contribution in [3.8, 4) is 0 Å². The number of hydrogen-bond acceptors (Lipinski definition) is 4. The summed E-state index contributed by atoms with van der Waals surface area (Å²) in [6.45, 7) is 7.76. The average Bonchev–Trinajstić information content (AvgIpc) is 2.95. The van der Waals surface area contributed by atoms with Gasteiger partial charge in [-0.25, -0.2) is 8.42 Å². The molecule has 0 bridgehead atoms. The van der Waals surface area contributed by atoms with Crippen LogP contribution in [0.1, 0.15) is 49.7 Å². The predicted octanol–water partition coefficient (Wildman–Crippen LogP) is 1.52. The zero-order valence-corrected chi connectivity index (χ0v) is 14.8. The van der Waals surface area contributed by atoms with E-state index in [2.05, 4.69) is 5.10 Å². The lowest BCUT2D eigenvalue weighted by atomic mass is 10.0. The molecule has 1 aliphatic heterocycles. The summed E-state index contributed by atoms with van der Waals surface area (Å²) < 4.78 is 25.8. The van der Waals surface area contributed by atoms with E-state index in [1.807, 2.05) is 25.6 Å². The van der Waals surface area contributed by atoms with Gasteiger partial charge in [-0.05, 0) is 40.5 Å². The van der Waals surface area contributed by atoms with Crippen molar-refractivity contribution >= 4 is 15.7 Å². The van der Waals surface area contributed by atoms with Gasteiger partial charge in [-0.2, -0.15) is 5.10 Å². The molecule has 0 N–H and O–H groups in total. The SMILES string of the molecule is Cc1nn(C)c(C)c1[C@@H]1CCCN1C(=O)CS(=O)(=O)C(C)C. The maximum atomic E-state index is 12.5. The smallest absolute Gasteiger partial charge is 0.238 e. The predicted molar refractivity (Wildman–Crippen MR) is 85.3 cm³/mol. The molecule has 6 nitrogen and oxygen atoms in total. The van der Waals surface area contributed by atoms with E-state index >= 15 is 0 Å². The van der Waals surface area contributed by atoms with Crippen molar-refractivity contribution < 1.29 is 13.2 Å². The van der Waals surface area contributed by atoms with Crippen molar-refractivity contribution in [3.05, 3.63) is 17.0 Å². The van der Waals surface area contributed by atoms with E-state index in [1.54, 1.807) is 18.7 Å². The molecule has 0 unspecified atom stereocenters. The number of hydrogen-bond donors (Lipinski definition) is 0. The largest absolute Gasteiger partial charge is 0.335 e. The second kappa shape index (κ2) is 6.02. The fourth-order valence-corrected chi connectivity index (χ4v) is 3.90. The van der Waals surface area contributed by atoms with Crippen molar-refractivity contribution in [2.75, 3.05) is 12.3 Å². The van der Waals surface area contributed by atoms with Crippen LogP contribution in [0.2, 0.25) is 0 Å². The van der Waals surface area contributed by atoms with Gasteiger partial charge < -0.3 is 4.90 Å².